The molecule has 0 saturated carbocycles. The Bertz CT molecular complexity index is 1100. The highest BCUT2D eigenvalue weighted by Crippen LogP contribution is 2.22. The molecule has 3 amide bonds. The van der Waals surface area contributed by atoms with E-state index in [-0.39, 0.29) is 17.3 Å². The van der Waals surface area contributed by atoms with Gasteiger partial charge < -0.3 is 25.7 Å². The number of aromatic nitrogens is 2. The standard InChI is InChI=1S/C21H21N5O4/c1-12-10-13(4-9-16(12)30-3)20(28)25-14-5-7-15(8-6-14)26(2)21(29)18-17(19(22)27)23-11-24-18/h4-11H,1-3H3,(H2,22,27)(H,23,24)(H,25,28). The molecule has 0 spiro atoms. The van der Waals surface area contributed by atoms with Crippen LogP contribution in [0.3, 0.4) is 0 Å². The number of hydrogen-bond donors (Lipinski definition) is 3. The Balaban J connectivity index is 1.72. The van der Waals surface area contributed by atoms with Crippen LogP contribution in [0, 0.1) is 6.92 Å². The van der Waals surface area contributed by atoms with Crippen molar-refractivity contribution in [1.29, 1.82) is 0 Å². The molecule has 2 aromatic carbocycles. The van der Waals surface area contributed by atoms with Crippen molar-refractivity contribution in [3.05, 3.63) is 71.3 Å². The molecule has 0 saturated heterocycles. The van der Waals surface area contributed by atoms with Gasteiger partial charge in [-0.1, -0.05) is 0 Å². The van der Waals surface area contributed by atoms with Gasteiger partial charge in [-0.2, -0.15) is 0 Å². The Kier molecular flexibility index (Phi) is 5.82. The molecule has 0 fully saturated rings. The SMILES string of the molecule is COc1ccc(C(=O)Nc2ccc(N(C)C(=O)c3[nH]cnc3C(N)=O)cc2)cc1C. The van der Waals surface area contributed by atoms with Crippen molar-refractivity contribution in [3.8, 4) is 5.75 Å². The molecule has 30 heavy (non-hydrogen) atoms. The summed E-state index contributed by atoms with van der Waals surface area (Å²) >= 11 is 0. The van der Waals surface area contributed by atoms with Crippen LogP contribution in [-0.4, -0.2) is 41.8 Å². The van der Waals surface area contributed by atoms with E-state index in [1.165, 1.54) is 11.2 Å². The fraction of sp³-hybridized carbons (Fsp3) is 0.143. The molecule has 0 aliphatic heterocycles. The molecule has 1 heterocycles. The van der Waals surface area contributed by atoms with Crippen LogP contribution in [0.4, 0.5) is 11.4 Å². The average Bonchev–Trinajstić information content (AvgIpc) is 3.23. The van der Waals surface area contributed by atoms with Crippen LogP contribution in [0.25, 0.3) is 0 Å². The third-order valence-electron chi connectivity index (χ3n) is 4.56. The second-order valence-corrected chi connectivity index (χ2v) is 6.54. The average molecular weight is 407 g/mol. The number of amides is 3. The summed E-state index contributed by atoms with van der Waals surface area (Å²) in [6, 6.07) is 11.9. The minimum Gasteiger partial charge on any atom is -0.496 e. The molecule has 0 aliphatic carbocycles. The van der Waals surface area contributed by atoms with Crippen LogP contribution in [0.2, 0.25) is 0 Å². The first kappa shape index (κ1) is 20.6. The van der Waals surface area contributed by atoms with Gasteiger partial charge in [0.1, 0.15) is 11.4 Å². The van der Waals surface area contributed by atoms with E-state index in [9.17, 15) is 14.4 Å². The lowest BCUT2D eigenvalue weighted by atomic mass is 10.1. The number of aromatic amines is 1. The lowest BCUT2D eigenvalue weighted by Gasteiger charge is -2.17. The summed E-state index contributed by atoms with van der Waals surface area (Å²) in [5.41, 5.74) is 7.61. The maximum Gasteiger partial charge on any atom is 0.276 e. The molecule has 9 nitrogen and oxygen atoms in total. The van der Waals surface area contributed by atoms with Gasteiger partial charge in [-0.05, 0) is 55.0 Å². The fourth-order valence-electron chi connectivity index (χ4n) is 2.92. The second-order valence-electron chi connectivity index (χ2n) is 6.54. The Morgan fingerprint density at radius 2 is 1.83 bits per heavy atom. The quantitative estimate of drug-likeness (QED) is 0.577. The molecule has 1 aromatic heterocycles. The van der Waals surface area contributed by atoms with Crippen molar-refractivity contribution in [3.63, 3.8) is 0 Å². The number of methoxy groups -OCH3 is 1. The highest BCUT2D eigenvalue weighted by Gasteiger charge is 2.22. The normalized spacial score (nSPS) is 10.4. The number of carbonyl (C=O) groups is 3. The lowest BCUT2D eigenvalue weighted by Crippen LogP contribution is -2.29. The number of benzene rings is 2. The van der Waals surface area contributed by atoms with E-state index in [0.29, 0.717) is 22.7 Å². The van der Waals surface area contributed by atoms with Crippen LogP contribution in [0.15, 0.2) is 48.8 Å². The van der Waals surface area contributed by atoms with Gasteiger partial charge in [0, 0.05) is 24.0 Å². The molecular formula is C21H21N5O4. The molecule has 0 radical (unpaired) electrons. The first-order valence-electron chi connectivity index (χ1n) is 8.99. The number of primary amides is 1. The van der Waals surface area contributed by atoms with Crippen molar-refractivity contribution in [2.45, 2.75) is 6.92 Å². The van der Waals surface area contributed by atoms with Gasteiger partial charge in [0.2, 0.25) is 0 Å². The van der Waals surface area contributed by atoms with E-state index in [4.69, 9.17) is 10.5 Å². The van der Waals surface area contributed by atoms with Crippen LogP contribution in [-0.2, 0) is 0 Å². The summed E-state index contributed by atoms with van der Waals surface area (Å²) < 4.78 is 5.20. The first-order chi connectivity index (χ1) is 14.3. The van der Waals surface area contributed by atoms with E-state index in [1.54, 1.807) is 56.6 Å². The van der Waals surface area contributed by atoms with Gasteiger partial charge in [0.15, 0.2) is 5.69 Å². The van der Waals surface area contributed by atoms with Crippen LogP contribution in [0.1, 0.15) is 36.9 Å². The molecule has 0 aliphatic rings. The summed E-state index contributed by atoms with van der Waals surface area (Å²) in [5, 5.41) is 2.81. The van der Waals surface area contributed by atoms with Crippen LogP contribution in [0.5, 0.6) is 5.75 Å². The Morgan fingerprint density at radius 3 is 2.43 bits per heavy atom. The van der Waals surface area contributed by atoms with E-state index in [1.807, 2.05) is 6.92 Å². The van der Waals surface area contributed by atoms with E-state index >= 15 is 0 Å². The molecule has 9 heteroatoms. The maximum absolute atomic E-state index is 12.6. The minimum atomic E-state index is -0.792. The van der Waals surface area contributed by atoms with Gasteiger partial charge in [-0.15, -0.1) is 0 Å². The maximum atomic E-state index is 12.6. The first-order valence-corrected chi connectivity index (χ1v) is 8.99. The van der Waals surface area contributed by atoms with Crippen LogP contribution < -0.4 is 20.7 Å². The molecule has 154 valence electrons. The van der Waals surface area contributed by atoms with Crippen molar-refractivity contribution in [2.75, 3.05) is 24.4 Å². The monoisotopic (exact) mass is 407 g/mol. The number of anilines is 2. The molecule has 0 atom stereocenters. The number of nitrogens with two attached hydrogens (primary N) is 1. The zero-order chi connectivity index (χ0) is 21.8. The number of aryl methyl sites for hydroxylation is 1. The van der Waals surface area contributed by atoms with Gasteiger partial charge in [0.25, 0.3) is 17.7 Å². The smallest absolute Gasteiger partial charge is 0.276 e. The number of H-pyrrole nitrogens is 1. The summed E-state index contributed by atoms with van der Waals surface area (Å²) in [6.45, 7) is 1.86. The largest absolute Gasteiger partial charge is 0.496 e. The number of rotatable bonds is 6. The van der Waals surface area contributed by atoms with Crippen molar-refractivity contribution >= 4 is 29.1 Å². The van der Waals surface area contributed by atoms with Gasteiger partial charge in [-0.3, -0.25) is 14.4 Å². The topological polar surface area (TPSA) is 130 Å². The number of ether oxygens (including phenoxy) is 1. The number of imidazole rings is 1. The number of nitrogens with one attached hydrogen (secondary N) is 2. The summed E-state index contributed by atoms with van der Waals surface area (Å²) in [6.07, 6.45) is 1.24. The van der Waals surface area contributed by atoms with Crippen LogP contribution >= 0.6 is 0 Å². The molecule has 3 rings (SSSR count). The van der Waals surface area contributed by atoms with Crippen molar-refractivity contribution < 1.29 is 19.1 Å². The zero-order valence-electron chi connectivity index (χ0n) is 16.7. The fourth-order valence-corrected chi connectivity index (χ4v) is 2.92. The summed E-state index contributed by atoms with van der Waals surface area (Å²) in [5.74, 6) is -0.812. The van der Waals surface area contributed by atoms with E-state index < -0.39 is 11.8 Å². The predicted molar refractivity (Wildman–Crippen MR) is 112 cm³/mol. The Labute approximate surface area is 172 Å². The molecular weight excluding hydrogens is 386 g/mol. The minimum absolute atomic E-state index is 0.0113. The highest BCUT2D eigenvalue weighted by molar-refractivity contribution is 6.11. The van der Waals surface area contributed by atoms with Gasteiger partial charge >= 0.3 is 0 Å². The number of hydrogen-bond acceptors (Lipinski definition) is 5. The number of carbonyl (C=O) groups excluding carboxylic acids is 3. The molecule has 3 aromatic rings. The summed E-state index contributed by atoms with van der Waals surface area (Å²) in [7, 11) is 3.13. The predicted octanol–water partition coefficient (Wildman–Crippen LogP) is 2.35. The summed E-state index contributed by atoms with van der Waals surface area (Å²) in [4.78, 5) is 44.3. The molecule has 0 bridgehead atoms. The van der Waals surface area contributed by atoms with Gasteiger partial charge in [0.05, 0.1) is 13.4 Å². The Morgan fingerprint density at radius 1 is 1.13 bits per heavy atom. The van der Waals surface area contributed by atoms with Crippen molar-refractivity contribution in [2.24, 2.45) is 5.73 Å². The van der Waals surface area contributed by atoms with Crippen molar-refractivity contribution in [1.82, 2.24) is 9.97 Å². The Hall–Kier alpha value is -4.14. The lowest BCUT2D eigenvalue weighted by molar-refractivity contribution is 0.0958. The third kappa shape index (κ3) is 4.14. The highest BCUT2D eigenvalue weighted by atomic mass is 16.5. The molecule has 4 N–H and O–H groups in total. The zero-order valence-corrected chi connectivity index (χ0v) is 16.7. The van der Waals surface area contributed by atoms with E-state index in [2.05, 4.69) is 15.3 Å². The number of nitrogens with zero attached hydrogens (tertiary/aromatic N) is 2. The molecule has 0 unspecified atom stereocenters. The third-order valence-corrected chi connectivity index (χ3v) is 4.56. The van der Waals surface area contributed by atoms with Gasteiger partial charge in [-0.25, -0.2) is 4.98 Å². The second kappa shape index (κ2) is 8.48. The van der Waals surface area contributed by atoms with E-state index in [0.717, 1.165) is 5.56 Å².